The van der Waals surface area contributed by atoms with E-state index < -0.39 is 18.0 Å². The quantitative estimate of drug-likeness (QED) is 0.707. The number of urea groups is 1. The average Bonchev–Trinajstić information content (AvgIpc) is 2.97. The lowest BCUT2D eigenvalue weighted by molar-refractivity contribution is -0.137. The largest absolute Gasteiger partial charge is 0.486 e. The molecule has 2 aromatic rings. The number of hydrogen-bond acceptors (Lipinski definition) is 5. The average molecular weight is 409 g/mol. The van der Waals surface area contributed by atoms with Gasteiger partial charge in [-0.3, -0.25) is 19.4 Å². The van der Waals surface area contributed by atoms with Gasteiger partial charge in [-0.2, -0.15) is 0 Å². The molecule has 2 aliphatic heterocycles. The summed E-state index contributed by atoms with van der Waals surface area (Å²) in [5, 5.41) is 0. The van der Waals surface area contributed by atoms with Gasteiger partial charge in [-0.25, -0.2) is 4.79 Å². The summed E-state index contributed by atoms with van der Waals surface area (Å²) in [5.74, 6) is 0.566. The van der Waals surface area contributed by atoms with E-state index in [0.29, 0.717) is 23.8 Å². The first-order valence-corrected chi connectivity index (χ1v) is 9.78. The van der Waals surface area contributed by atoms with Crippen LogP contribution in [-0.4, -0.2) is 66.5 Å². The number of benzene rings is 2. The highest BCUT2D eigenvalue weighted by Crippen LogP contribution is 2.31. The maximum atomic E-state index is 12.8. The molecule has 1 saturated heterocycles. The fourth-order valence-corrected chi connectivity index (χ4v) is 3.61. The van der Waals surface area contributed by atoms with Gasteiger partial charge in [0.2, 0.25) is 5.91 Å². The van der Waals surface area contributed by atoms with Gasteiger partial charge < -0.3 is 14.4 Å². The number of nitrogens with zero attached hydrogens (tertiary/aromatic N) is 3. The zero-order valence-electron chi connectivity index (χ0n) is 16.9. The predicted octanol–water partition coefficient (Wildman–Crippen LogP) is 2.14. The van der Waals surface area contributed by atoms with Gasteiger partial charge in [-0.05, 0) is 31.2 Å². The Labute approximate surface area is 174 Å². The molecular formula is C22H23N3O5. The van der Waals surface area contributed by atoms with E-state index in [1.165, 1.54) is 9.80 Å². The first-order valence-electron chi connectivity index (χ1n) is 9.78. The van der Waals surface area contributed by atoms with Crippen molar-refractivity contribution in [1.82, 2.24) is 9.80 Å². The van der Waals surface area contributed by atoms with Gasteiger partial charge in [0.15, 0.2) is 17.6 Å². The van der Waals surface area contributed by atoms with E-state index in [1.54, 1.807) is 38.2 Å². The van der Waals surface area contributed by atoms with Crippen molar-refractivity contribution in [3.05, 3.63) is 54.6 Å². The lowest BCUT2D eigenvalue weighted by Crippen LogP contribution is -2.46. The second-order valence-electron chi connectivity index (χ2n) is 7.36. The topological polar surface area (TPSA) is 79.4 Å². The molecular weight excluding hydrogens is 386 g/mol. The number of ether oxygens (including phenoxy) is 2. The molecule has 8 heteroatoms. The normalized spacial score (nSPS) is 20.5. The van der Waals surface area contributed by atoms with Gasteiger partial charge in [0.05, 0.1) is 6.54 Å². The number of imide groups is 1. The summed E-state index contributed by atoms with van der Waals surface area (Å²) in [7, 11) is 1.62. The van der Waals surface area contributed by atoms with Crippen molar-refractivity contribution >= 4 is 23.5 Å². The Kier molecular flexibility index (Phi) is 5.31. The van der Waals surface area contributed by atoms with Crippen LogP contribution in [0.1, 0.15) is 6.92 Å². The molecule has 4 rings (SSSR count). The van der Waals surface area contributed by atoms with Crippen molar-refractivity contribution in [2.75, 3.05) is 31.6 Å². The third-order valence-electron chi connectivity index (χ3n) is 5.25. The predicted molar refractivity (Wildman–Crippen MR) is 109 cm³/mol. The van der Waals surface area contributed by atoms with E-state index >= 15 is 0 Å². The van der Waals surface area contributed by atoms with E-state index in [1.807, 2.05) is 30.3 Å². The standard InChI is InChI=1S/C22H23N3O5/c1-15-21(27)24(22(28)25(15)16-8-4-3-5-9-16)13-20(26)23(2)12-17-14-29-18-10-6-7-11-19(18)30-17/h3-11,15,17H,12-14H2,1-2H3. The van der Waals surface area contributed by atoms with Gasteiger partial charge in [0.1, 0.15) is 19.2 Å². The monoisotopic (exact) mass is 409 g/mol. The summed E-state index contributed by atoms with van der Waals surface area (Å²) in [6, 6.07) is 15.1. The molecule has 2 aromatic carbocycles. The van der Waals surface area contributed by atoms with Crippen molar-refractivity contribution in [1.29, 1.82) is 0 Å². The summed E-state index contributed by atoms with van der Waals surface area (Å²) >= 11 is 0. The summed E-state index contributed by atoms with van der Waals surface area (Å²) in [5.41, 5.74) is 0.623. The second-order valence-corrected chi connectivity index (χ2v) is 7.36. The summed E-state index contributed by atoms with van der Waals surface area (Å²) in [6.07, 6.45) is -0.335. The third kappa shape index (κ3) is 3.68. The molecule has 2 heterocycles. The maximum absolute atomic E-state index is 12.8. The fourth-order valence-electron chi connectivity index (χ4n) is 3.61. The lowest BCUT2D eigenvalue weighted by atomic mass is 10.2. The molecule has 4 amide bonds. The number of rotatable bonds is 5. The molecule has 0 N–H and O–H groups in total. The molecule has 0 aromatic heterocycles. The third-order valence-corrected chi connectivity index (χ3v) is 5.25. The number of amides is 4. The fraction of sp³-hybridized carbons (Fsp3) is 0.318. The maximum Gasteiger partial charge on any atom is 0.332 e. The highest BCUT2D eigenvalue weighted by atomic mass is 16.6. The minimum absolute atomic E-state index is 0.279. The Morgan fingerprint density at radius 1 is 1.07 bits per heavy atom. The van der Waals surface area contributed by atoms with Crippen LogP contribution in [0.3, 0.4) is 0 Å². The van der Waals surface area contributed by atoms with E-state index in [4.69, 9.17) is 9.47 Å². The molecule has 0 aliphatic carbocycles. The van der Waals surface area contributed by atoms with Crippen LogP contribution in [0.25, 0.3) is 0 Å². The number of carbonyl (C=O) groups excluding carboxylic acids is 3. The number of para-hydroxylation sites is 3. The van der Waals surface area contributed by atoms with E-state index in [2.05, 4.69) is 0 Å². The first kappa shape index (κ1) is 19.8. The molecule has 8 nitrogen and oxygen atoms in total. The Morgan fingerprint density at radius 3 is 2.47 bits per heavy atom. The van der Waals surface area contributed by atoms with Crippen LogP contribution >= 0.6 is 0 Å². The molecule has 30 heavy (non-hydrogen) atoms. The Balaban J connectivity index is 1.38. The van der Waals surface area contributed by atoms with Crippen LogP contribution in [0.5, 0.6) is 11.5 Å². The summed E-state index contributed by atoms with van der Waals surface area (Å²) in [6.45, 7) is 1.94. The molecule has 2 aliphatic rings. The van der Waals surface area contributed by atoms with Crippen molar-refractivity contribution in [2.45, 2.75) is 19.1 Å². The van der Waals surface area contributed by atoms with Crippen LogP contribution in [0.4, 0.5) is 10.5 Å². The van der Waals surface area contributed by atoms with E-state index in [9.17, 15) is 14.4 Å². The van der Waals surface area contributed by atoms with Crippen LogP contribution in [0, 0.1) is 0 Å². The summed E-state index contributed by atoms with van der Waals surface area (Å²) in [4.78, 5) is 42.1. The first-order chi connectivity index (χ1) is 14.5. The van der Waals surface area contributed by atoms with Gasteiger partial charge in [0.25, 0.3) is 5.91 Å². The van der Waals surface area contributed by atoms with Gasteiger partial charge >= 0.3 is 6.03 Å². The number of anilines is 1. The van der Waals surface area contributed by atoms with Crippen LogP contribution in [0.2, 0.25) is 0 Å². The number of likely N-dealkylation sites (N-methyl/N-ethyl adjacent to an activating group) is 1. The highest BCUT2D eigenvalue weighted by molar-refractivity contribution is 6.15. The van der Waals surface area contributed by atoms with E-state index in [0.717, 1.165) is 4.90 Å². The Hall–Kier alpha value is -3.55. The molecule has 0 bridgehead atoms. The number of carbonyl (C=O) groups is 3. The molecule has 0 saturated carbocycles. The van der Waals surface area contributed by atoms with E-state index in [-0.39, 0.29) is 25.1 Å². The SMILES string of the molecule is CC1C(=O)N(CC(=O)N(C)CC2COc3ccccc3O2)C(=O)N1c1ccccc1. The highest BCUT2D eigenvalue weighted by Gasteiger charge is 2.44. The molecule has 2 unspecified atom stereocenters. The zero-order valence-corrected chi connectivity index (χ0v) is 16.9. The van der Waals surface area contributed by atoms with Crippen LogP contribution in [0.15, 0.2) is 54.6 Å². The number of fused-ring (bicyclic) bond motifs is 1. The molecule has 2 atom stereocenters. The van der Waals surface area contributed by atoms with Gasteiger partial charge in [0, 0.05) is 12.7 Å². The minimum atomic E-state index is -0.662. The van der Waals surface area contributed by atoms with Crippen LogP contribution in [-0.2, 0) is 9.59 Å². The Morgan fingerprint density at radius 2 is 1.73 bits per heavy atom. The van der Waals surface area contributed by atoms with Gasteiger partial charge in [-0.15, -0.1) is 0 Å². The molecule has 0 spiro atoms. The minimum Gasteiger partial charge on any atom is -0.486 e. The van der Waals surface area contributed by atoms with Crippen molar-refractivity contribution in [3.63, 3.8) is 0 Å². The van der Waals surface area contributed by atoms with Crippen molar-refractivity contribution in [3.8, 4) is 11.5 Å². The second kappa shape index (κ2) is 8.06. The summed E-state index contributed by atoms with van der Waals surface area (Å²) < 4.78 is 11.6. The molecule has 1 fully saturated rings. The van der Waals surface area contributed by atoms with Crippen molar-refractivity contribution < 1.29 is 23.9 Å². The molecule has 0 radical (unpaired) electrons. The van der Waals surface area contributed by atoms with Crippen LogP contribution < -0.4 is 14.4 Å². The zero-order chi connectivity index (χ0) is 21.3. The number of hydrogen-bond donors (Lipinski definition) is 0. The van der Waals surface area contributed by atoms with Crippen molar-refractivity contribution in [2.24, 2.45) is 0 Å². The lowest BCUT2D eigenvalue weighted by Gasteiger charge is -2.30. The smallest absolute Gasteiger partial charge is 0.332 e. The molecule has 156 valence electrons. The van der Waals surface area contributed by atoms with Gasteiger partial charge in [-0.1, -0.05) is 30.3 Å². The Bertz CT molecular complexity index is 964.